The normalized spacial score (nSPS) is 16.1. The van der Waals surface area contributed by atoms with Crippen LogP contribution in [0.25, 0.3) is 0 Å². The Morgan fingerprint density at radius 1 is 1.16 bits per heavy atom. The van der Waals surface area contributed by atoms with E-state index >= 15 is 0 Å². The van der Waals surface area contributed by atoms with Crippen molar-refractivity contribution in [3.63, 3.8) is 0 Å². The van der Waals surface area contributed by atoms with Gasteiger partial charge in [0.1, 0.15) is 0 Å². The van der Waals surface area contributed by atoms with Gasteiger partial charge in [-0.3, -0.25) is 4.90 Å². The van der Waals surface area contributed by atoms with Gasteiger partial charge in [-0.05, 0) is 30.7 Å². The molecule has 8 heteroatoms. The van der Waals surface area contributed by atoms with Gasteiger partial charge in [0.25, 0.3) is 0 Å². The minimum atomic E-state index is -1.09. The molecule has 130 valence electrons. The molecule has 0 fully saturated rings. The van der Waals surface area contributed by atoms with Crippen molar-refractivity contribution in [1.82, 2.24) is 5.32 Å². The lowest BCUT2D eigenvalue weighted by Gasteiger charge is -2.33. The number of carbonyl (C=O) groups is 2. The summed E-state index contributed by atoms with van der Waals surface area (Å²) in [5.41, 5.74) is 1.59. The summed E-state index contributed by atoms with van der Waals surface area (Å²) in [6.07, 6.45) is -0.685. The number of nitrogens with one attached hydrogen (secondary N) is 2. The number of rotatable bonds is 2. The molecule has 1 aliphatic heterocycles. The van der Waals surface area contributed by atoms with Gasteiger partial charge in [0.05, 0.1) is 11.7 Å². The van der Waals surface area contributed by atoms with E-state index in [1.807, 2.05) is 18.2 Å². The fourth-order valence-electron chi connectivity index (χ4n) is 2.85. The van der Waals surface area contributed by atoms with Crippen LogP contribution in [-0.2, 0) is 0 Å². The number of anilines is 2. The summed E-state index contributed by atoms with van der Waals surface area (Å²) in [6, 6.07) is 11.3. The number of para-hydroxylation sites is 1. The number of halogens is 2. The summed E-state index contributed by atoms with van der Waals surface area (Å²) in [7, 11) is 0. The van der Waals surface area contributed by atoms with Crippen molar-refractivity contribution in [1.29, 1.82) is 0 Å². The van der Waals surface area contributed by atoms with Crippen LogP contribution in [0.2, 0.25) is 10.0 Å². The third-order valence-corrected chi connectivity index (χ3v) is 4.45. The van der Waals surface area contributed by atoms with Crippen LogP contribution < -0.4 is 15.5 Å². The molecule has 1 atom stereocenters. The zero-order valence-electron chi connectivity index (χ0n) is 13.0. The number of nitrogens with zero attached hydrogens (tertiary/aromatic N) is 1. The predicted octanol–water partition coefficient (Wildman–Crippen LogP) is 4.74. The zero-order valence-corrected chi connectivity index (χ0v) is 14.5. The van der Waals surface area contributed by atoms with Crippen LogP contribution in [0.15, 0.2) is 42.5 Å². The van der Waals surface area contributed by atoms with Crippen LogP contribution in [0, 0.1) is 0 Å². The van der Waals surface area contributed by atoms with Gasteiger partial charge >= 0.3 is 12.1 Å². The SMILES string of the molecule is O=C(Nc1ccccc1)NC1CCN(C(=O)O)c2cc(Cl)cc(Cl)c21. The second-order valence-electron chi connectivity index (χ2n) is 5.56. The molecular formula is C17H15Cl2N3O3. The lowest BCUT2D eigenvalue weighted by atomic mass is 9.96. The van der Waals surface area contributed by atoms with Gasteiger partial charge in [0.15, 0.2) is 0 Å². The van der Waals surface area contributed by atoms with Crippen LogP contribution in [0.5, 0.6) is 0 Å². The summed E-state index contributed by atoms with van der Waals surface area (Å²) >= 11 is 12.3. The highest BCUT2D eigenvalue weighted by Gasteiger charge is 2.32. The molecule has 6 nitrogen and oxygen atoms in total. The molecule has 1 heterocycles. The van der Waals surface area contributed by atoms with E-state index in [4.69, 9.17) is 23.2 Å². The molecule has 25 heavy (non-hydrogen) atoms. The van der Waals surface area contributed by atoms with Crippen molar-refractivity contribution in [3.8, 4) is 0 Å². The van der Waals surface area contributed by atoms with E-state index in [0.717, 1.165) is 0 Å². The van der Waals surface area contributed by atoms with Crippen LogP contribution in [0.4, 0.5) is 21.0 Å². The van der Waals surface area contributed by atoms with Crippen molar-refractivity contribution in [2.24, 2.45) is 0 Å². The lowest BCUT2D eigenvalue weighted by molar-refractivity contribution is 0.200. The first kappa shape index (κ1) is 17.4. The Labute approximate surface area is 154 Å². The largest absolute Gasteiger partial charge is 0.465 e. The summed E-state index contributed by atoms with van der Waals surface area (Å²) in [4.78, 5) is 24.9. The third-order valence-electron chi connectivity index (χ3n) is 3.92. The molecule has 0 radical (unpaired) electrons. The van der Waals surface area contributed by atoms with Crippen LogP contribution in [0.1, 0.15) is 18.0 Å². The van der Waals surface area contributed by atoms with E-state index in [2.05, 4.69) is 10.6 Å². The second-order valence-corrected chi connectivity index (χ2v) is 6.40. The van der Waals surface area contributed by atoms with Gasteiger partial charge in [-0.2, -0.15) is 0 Å². The standard InChI is InChI=1S/C17H15Cl2N3O3/c18-10-8-12(19)15-13(6-7-22(17(24)25)14(15)9-10)21-16(23)20-11-4-2-1-3-5-11/h1-5,8-9,13H,6-7H2,(H,24,25)(H2,20,21,23). The molecule has 3 amide bonds. The molecule has 0 aliphatic carbocycles. The first-order valence-corrected chi connectivity index (χ1v) is 8.33. The monoisotopic (exact) mass is 379 g/mol. The van der Waals surface area contributed by atoms with Crippen molar-refractivity contribution in [2.45, 2.75) is 12.5 Å². The van der Waals surface area contributed by atoms with Crippen LogP contribution in [0.3, 0.4) is 0 Å². The number of carboxylic acid groups (broad SMARTS) is 1. The molecule has 0 aromatic heterocycles. The van der Waals surface area contributed by atoms with Crippen molar-refractivity contribution in [3.05, 3.63) is 58.1 Å². The lowest BCUT2D eigenvalue weighted by Crippen LogP contribution is -2.41. The number of carbonyl (C=O) groups excluding carboxylic acids is 1. The van der Waals surface area contributed by atoms with Gasteiger partial charge in [-0.1, -0.05) is 41.4 Å². The summed E-state index contributed by atoms with van der Waals surface area (Å²) in [6.45, 7) is 0.231. The third kappa shape index (κ3) is 3.81. The van der Waals surface area contributed by atoms with E-state index < -0.39 is 18.2 Å². The van der Waals surface area contributed by atoms with Crippen LogP contribution >= 0.6 is 23.2 Å². The van der Waals surface area contributed by atoms with Gasteiger partial charge in [0.2, 0.25) is 0 Å². The van der Waals surface area contributed by atoms with Crippen molar-refractivity contribution >= 4 is 46.7 Å². The van der Waals surface area contributed by atoms with Gasteiger partial charge in [-0.15, -0.1) is 0 Å². The highest BCUT2D eigenvalue weighted by atomic mass is 35.5. The summed E-state index contributed by atoms with van der Waals surface area (Å²) < 4.78 is 0. The number of amides is 3. The molecule has 0 saturated carbocycles. The maximum atomic E-state index is 12.3. The Morgan fingerprint density at radius 3 is 2.56 bits per heavy atom. The summed E-state index contributed by atoms with van der Waals surface area (Å²) in [5, 5.41) is 15.6. The number of hydrogen-bond donors (Lipinski definition) is 3. The highest BCUT2D eigenvalue weighted by molar-refractivity contribution is 6.36. The van der Waals surface area contributed by atoms with Crippen LogP contribution in [-0.4, -0.2) is 23.8 Å². The minimum absolute atomic E-state index is 0.231. The molecule has 3 N–H and O–H groups in total. The molecule has 2 aromatic carbocycles. The minimum Gasteiger partial charge on any atom is -0.465 e. The molecule has 0 bridgehead atoms. The predicted molar refractivity (Wildman–Crippen MR) is 97.8 cm³/mol. The number of hydrogen-bond acceptors (Lipinski definition) is 2. The van der Waals surface area contributed by atoms with Crippen molar-refractivity contribution in [2.75, 3.05) is 16.8 Å². The van der Waals surface area contributed by atoms with E-state index in [1.165, 1.54) is 11.0 Å². The fourth-order valence-corrected chi connectivity index (χ4v) is 3.47. The highest BCUT2D eigenvalue weighted by Crippen LogP contribution is 2.40. The average Bonchev–Trinajstić information content (AvgIpc) is 2.54. The Hall–Kier alpha value is -2.44. The maximum absolute atomic E-state index is 12.3. The van der Waals surface area contributed by atoms with Gasteiger partial charge < -0.3 is 15.7 Å². The molecule has 3 rings (SSSR count). The molecule has 2 aromatic rings. The van der Waals surface area contributed by atoms with Gasteiger partial charge in [0, 0.05) is 27.8 Å². The topological polar surface area (TPSA) is 81.7 Å². The Kier molecular flexibility index (Phi) is 5.01. The average molecular weight is 380 g/mol. The Morgan fingerprint density at radius 2 is 1.88 bits per heavy atom. The van der Waals surface area contributed by atoms with E-state index in [-0.39, 0.29) is 6.54 Å². The first-order chi connectivity index (χ1) is 12.0. The second kappa shape index (κ2) is 7.21. The molecule has 1 aliphatic rings. The zero-order chi connectivity index (χ0) is 18.0. The van der Waals surface area contributed by atoms with Gasteiger partial charge in [-0.25, -0.2) is 9.59 Å². The number of benzene rings is 2. The first-order valence-electron chi connectivity index (χ1n) is 7.57. The molecular weight excluding hydrogens is 365 g/mol. The fraction of sp³-hybridized carbons (Fsp3) is 0.176. The molecule has 1 unspecified atom stereocenters. The van der Waals surface area contributed by atoms with E-state index in [0.29, 0.717) is 33.4 Å². The quantitative estimate of drug-likeness (QED) is 0.704. The maximum Gasteiger partial charge on any atom is 0.411 e. The van der Waals surface area contributed by atoms with E-state index in [9.17, 15) is 14.7 Å². The summed E-state index contributed by atoms with van der Waals surface area (Å²) in [5.74, 6) is 0. The Balaban J connectivity index is 1.85. The number of fused-ring (bicyclic) bond motifs is 1. The Bertz CT molecular complexity index is 814. The molecule has 0 saturated heterocycles. The van der Waals surface area contributed by atoms with Crippen molar-refractivity contribution < 1.29 is 14.7 Å². The molecule has 0 spiro atoms. The number of urea groups is 1. The smallest absolute Gasteiger partial charge is 0.411 e. The van der Waals surface area contributed by atoms with E-state index in [1.54, 1.807) is 18.2 Å².